The zero-order valence-corrected chi connectivity index (χ0v) is 8.68. The number of carbonyl (C=O) groups is 3. The Balaban J connectivity index is 2.96. The van der Waals surface area contributed by atoms with Gasteiger partial charge in [-0.3, -0.25) is 14.3 Å². The summed E-state index contributed by atoms with van der Waals surface area (Å²) in [6.45, 7) is 0. The number of hydrogen-bond donors (Lipinski definition) is 2. The molecule has 0 fully saturated rings. The van der Waals surface area contributed by atoms with Crippen LogP contribution in [0, 0.1) is 0 Å². The lowest BCUT2D eigenvalue weighted by molar-refractivity contribution is -0.150. The number of methoxy groups -OCH3 is 1. The van der Waals surface area contributed by atoms with Crippen LogP contribution in [0.4, 0.5) is 5.82 Å². The maximum atomic E-state index is 11.2. The summed E-state index contributed by atoms with van der Waals surface area (Å²) in [4.78, 5) is 33.0. The SMILES string of the molecule is COC(=O)C(=O)Nc1c(C(N)=O)cnn1C. The van der Waals surface area contributed by atoms with Crippen LogP contribution in [0.3, 0.4) is 0 Å². The van der Waals surface area contributed by atoms with Crippen molar-refractivity contribution in [3.05, 3.63) is 11.8 Å². The second-order valence-corrected chi connectivity index (χ2v) is 2.84. The summed E-state index contributed by atoms with van der Waals surface area (Å²) >= 11 is 0. The van der Waals surface area contributed by atoms with E-state index in [1.54, 1.807) is 0 Å². The van der Waals surface area contributed by atoms with Crippen molar-refractivity contribution in [2.75, 3.05) is 12.4 Å². The van der Waals surface area contributed by atoms with Crippen LogP contribution in [0.15, 0.2) is 6.20 Å². The number of nitrogens with one attached hydrogen (secondary N) is 1. The van der Waals surface area contributed by atoms with Crippen molar-refractivity contribution in [2.45, 2.75) is 0 Å². The maximum Gasteiger partial charge on any atom is 0.396 e. The van der Waals surface area contributed by atoms with Gasteiger partial charge in [0.15, 0.2) is 0 Å². The number of nitrogens with zero attached hydrogens (tertiary/aromatic N) is 2. The lowest BCUT2D eigenvalue weighted by atomic mass is 10.3. The quantitative estimate of drug-likeness (QED) is 0.476. The van der Waals surface area contributed by atoms with Crippen LogP contribution >= 0.6 is 0 Å². The molecule has 0 spiro atoms. The van der Waals surface area contributed by atoms with Gasteiger partial charge in [0, 0.05) is 7.05 Å². The number of ether oxygens (including phenoxy) is 1. The summed E-state index contributed by atoms with van der Waals surface area (Å²) in [5.74, 6) is -2.79. The number of rotatable bonds is 2. The van der Waals surface area contributed by atoms with Gasteiger partial charge in [0.1, 0.15) is 11.4 Å². The Morgan fingerprint density at radius 2 is 2.12 bits per heavy atom. The van der Waals surface area contributed by atoms with Crippen molar-refractivity contribution in [3.63, 3.8) is 0 Å². The molecule has 0 aliphatic heterocycles. The molecule has 1 rings (SSSR count). The summed E-state index contributed by atoms with van der Waals surface area (Å²) < 4.78 is 5.41. The van der Waals surface area contributed by atoms with Crippen molar-refractivity contribution < 1.29 is 19.1 Å². The van der Waals surface area contributed by atoms with Gasteiger partial charge in [0.25, 0.3) is 5.91 Å². The minimum Gasteiger partial charge on any atom is -0.462 e. The van der Waals surface area contributed by atoms with E-state index in [2.05, 4.69) is 15.2 Å². The highest BCUT2D eigenvalue weighted by atomic mass is 16.5. The fourth-order valence-corrected chi connectivity index (χ4v) is 1.02. The number of anilines is 1. The number of amides is 2. The number of carbonyl (C=O) groups excluding carboxylic acids is 3. The van der Waals surface area contributed by atoms with E-state index in [1.807, 2.05) is 0 Å². The van der Waals surface area contributed by atoms with Crippen molar-refractivity contribution >= 4 is 23.6 Å². The van der Waals surface area contributed by atoms with Crippen LogP contribution in [0.2, 0.25) is 0 Å². The van der Waals surface area contributed by atoms with E-state index in [-0.39, 0.29) is 11.4 Å². The van der Waals surface area contributed by atoms with Crippen LogP contribution in [0.25, 0.3) is 0 Å². The summed E-state index contributed by atoms with van der Waals surface area (Å²) in [6.07, 6.45) is 1.19. The third kappa shape index (κ3) is 2.16. The average molecular weight is 226 g/mol. The van der Waals surface area contributed by atoms with Crippen LogP contribution in [0.1, 0.15) is 10.4 Å². The topological polar surface area (TPSA) is 116 Å². The lowest BCUT2D eigenvalue weighted by Gasteiger charge is -2.05. The largest absolute Gasteiger partial charge is 0.462 e. The van der Waals surface area contributed by atoms with Gasteiger partial charge in [0.05, 0.1) is 13.3 Å². The van der Waals surface area contributed by atoms with Crippen molar-refractivity contribution in [1.82, 2.24) is 9.78 Å². The molecule has 0 aliphatic rings. The minimum atomic E-state index is -1.07. The highest BCUT2D eigenvalue weighted by Gasteiger charge is 2.20. The molecule has 3 N–H and O–H groups in total. The molecule has 2 amide bonds. The number of nitrogens with two attached hydrogens (primary N) is 1. The predicted molar refractivity (Wildman–Crippen MR) is 52.4 cm³/mol. The lowest BCUT2D eigenvalue weighted by Crippen LogP contribution is -2.26. The van der Waals surface area contributed by atoms with Gasteiger partial charge in [-0.15, -0.1) is 0 Å². The Labute approximate surface area is 90.4 Å². The van der Waals surface area contributed by atoms with E-state index in [1.165, 1.54) is 17.9 Å². The zero-order valence-electron chi connectivity index (χ0n) is 8.68. The van der Waals surface area contributed by atoms with Crippen LogP contribution < -0.4 is 11.1 Å². The Morgan fingerprint density at radius 1 is 1.50 bits per heavy atom. The molecule has 8 nitrogen and oxygen atoms in total. The molecule has 0 bridgehead atoms. The molecule has 1 heterocycles. The maximum absolute atomic E-state index is 11.2. The van der Waals surface area contributed by atoms with E-state index < -0.39 is 17.8 Å². The van der Waals surface area contributed by atoms with E-state index in [9.17, 15) is 14.4 Å². The Hall–Kier alpha value is -2.38. The second-order valence-electron chi connectivity index (χ2n) is 2.84. The number of hydrogen-bond acceptors (Lipinski definition) is 5. The Kier molecular flexibility index (Phi) is 3.24. The molecular formula is C8H10N4O4. The molecule has 8 heteroatoms. The summed E-state index contributed by atoms with van der Waals surface area (Å²) in [5.41, 5.74) is 5.07. The molecule has 1 aromatic rings. The van der Waals surface area contributed by atoms with Crippen LogP contribution in [0.5, 0.6) is 0 Å². The van der Waals surface area contributed by atoms with E-state index in [4.69, 9.17) is 5.73 Å². The smallest absolute Gasteiger partial charge is 0.396 e. The van der Waals surface area contributed by atoms with Gasteiger partial charge < -0.3 is 15.8 Å². The zero-order chi connectivity index (χ0) is 12.3. The van der Waals surface area contributed by atoms with Crippen molar-refractivity contribution in [3.8, 4) is 0 Å². The van der Waals surface area contributed by atoms with Crippen LogP contribution in [-0.2, 0) is 21.4 Å². The number of aryl methyl sites for hydroxylation is 1. The third-order valence-electron chi connectivity index (χ3n) is 1.81. The van der Waals surface area contributed by atoms with Gasteiger partial charge in [0.2, 0.25) is 0 Å². The fourth-order valence-electron chi connectivity index (χ4n) is 1.02. The summed E-state index contributed by atoms with van der Waals surface area (Å²) in [5, 5.41) is 5.90. The molecule has 0 atom stereocenters. The molecule has 0 aromatic carbocycles. The number of esters is 1. The molecule has 0 aliphatic carbocycles. The third-order valence-corrected chi connectivity index (χ3v) is 1.81. The Morgan fingerprint density at radius 3 is 2.62 bits per heavy atom. The average Bonchev–Trinajstić information content (AvgIpc) is 2.59. The highest BCUT2D eigenvalue weighted by molar-refractivity contribution is 6.37. The molecule has 0 saturated heterocycles. The molecule has 0 unspecified atom stereocenters. The van der Waals surface area contributed by atoms with Gasteiger partial charge in [-0.1, -0.05) is 0 Å². The predicted octanol–water partition coefficient (Wildman–Crippen LogP) is -1.37. The highest BCUT2D eigenvalue weighted by Crippen LogP contribution is 2.12. The second kappa shape index (κ2) is 4.43. The van der Waals surface area contributed by atoms with Crippen molar-refractivity contribution in [2.24, 2.45) is 12.8 Å². The standard InChI is InChI=1S/C8H10N4O4/c1-12-6(4(3-10-12)5(9)13)11-7(14)8(15)16-2/h3H,1-2H3,(H2,9,13)(H,11,14). The monoisotopic (exact) mass is 226 g/mol. The van der Waals surface area contributed by atoms with E-state index in [0.717, 1.165) is 7.11 Å². The molecular weight excluding hydrogens is 216 g/mol. The molecule has 86 valence electrons. The first-order chi connectivity index (χ1) is 7.47. The van der Waals surface area contributed by atoms with Gasteiger partial charge in [-0.25, -0.2) is 4.79 Å². The molecule has 0 radical (unpaired) electrons. The minimum absolute atomic E-state index is 0.0137. The summed E-state index contributed by atoms with van der Waals surface area (Å²) in [7, 11) is 2.56. The fraction of sp³-hybridized carbons (Fsp3) is 0.250. The molecule has 1 aromatic heterocycles. The van der Waals surface area contributed by atoms with E-state index >= 15 is 0 Å². The van der Waals surface area contributed by atoms with E-state index in [0.29, 0.717) is 0 Å². The summed E-state index contributed by atoms with van der Waals surface area (Å²) in [6, 6.07) is 0. The molecule has 16 heavy (non-hydrogen) atoms. The number of aromatic nitrogens is 2. The first-order valence-electron chi connectivity index (χ1n) is 4.18. The molecule has 0 saturated carbocycles. The first kappa shape index (κ1) is 11.7. The number of primary amides is 1. The van der Waals surface area contributed by atoms with Crippen molar-refractivity contribution in [1.29, 1.82) is 0 Å². The van der Waals surface area contributed by atoms with Gasteiger partial charge >= 0.3 is 11.9 Å². The van der Waals surface area contributed by atoms with Gasteiger partial charge in [-0.05, 0) is 0 Å². The Bertz CT molecular complexity index is 451. The van der Waals surface area contributed by atoms with Gasteiger partial charge in [-0.2, -0.15) is 5.10 Å². The van der Waals surface area contributed by atoms with Crippen LogP contribution in [-0.4, -0.2) is 34.7 Å². The first-order valence-corrected chi connectivity index (χ1v) is 4.18. The normalized spacial score (nSPS) is 9.62.